The number of pyridine rings is 1. The van der Waals surface area contributed by atoms with E-state index in [4.69, 9.17) is 4.74 Å². The van der Waals surface area contributed by atoms with Gasteiger partial charge in [0.15, 0.2) is 0 Å². The molecule has 90 valence electrons. The van der Waals surface area contributed by atoms with Crippen LogP contribution in [0.3, 0.4) is 0 Å². The quantitative estimate of drug-likeness (QED) is 0.836. The van der Waals surface area contributed by atoms with E-state index < -0.39 is 0 Å². The maximum atomic E-state index is 5.73. The van der Waals surface area contributed by atoms with Crippen LogP contribution in [0.15, 0.2) is 34.3 Å². The highest BCUT2D eigenvalue weighted by molar-refractivity contribution is 9.10. The Morgan fingerprint density at radius 2 is 2.24 bits per heavy atom. The number of halogens is 1. The molecule has 1 aliphatic rings. The van der Waals surface area contributed by atoms with Crippen LogP contribution in [0.1, 0.15) is 24.1 Å². The predicted molar refractivity (Wildman–Crippen MR) is 73.4 cm³/mol. The Morgan fingerprint density at radius 1 is 1.41 bits per heavy atom. The van der Waals surface area contributed by atoms with Gasteiger partial charge in [-0.3, -0.25) is 0 Å². The van der Waals surface area contributed by atoms with Gasteiger partial charge in [-0.25, -0.2) is 4.98 Å². The second kappa shape index (κ2) is 5.50. The molecule has 2 nitrogen and oxygen atoms in total. The van der Waals surface area contributed by atoms with Crippen molar-refractivity contribution in [1.29, 1.82) is 0 Å². The van der Waals surface area contributed by atoms with Crippen LogP contribution in [0.4, 0.5) is 0 Å². The first-order chi connectivity index (χ1) is 8.16. The lowest BCUT2D eigenvalue weighted by Gasteiger charge is -2.12. The third kappa shape index (κ3) is 3.19. The van der Waals surface area contributed by atoms with E-state index in [-0.39, 0.29) is 0 Å². The zero-order valence-electron chi connectivity index (χ0n) is 10.2. The van der Waals surface area contributed by atoms with E-state index in [1.54, 1.807) is 0 Å². The molecule has 0 aromatic carbocycles. The molecule has 0 radical (unpaired) electrons. The summed E-state index contributed by atoms with van der Waals surface area (Å²) < 4.78 is 6.79. The smallest absolute Gasteiger partial charge is 0.214 e. The summed E-state index contributed by atoms with van der Waals surface area (Å²) in [6, 6.07) is 1.97. The Morgan fingerprint density at radius 3 is 2.88 bits per heavy atom. The summed E-state index contributed by atoms with van der Waals surface area (Å²) >= 11 is 3.50. The second-order valence-electron chi connectivity index (χ2n) is 4.26. The summed E-state index contributed by atoms with van der Waals surface area (Å²) in [4.78, 5) is 4.40. The van der Waals surface area contributed by atoms with Crippen molar-refractivity contribution in [3.63, 3.8) is 0 Å². The fourth-order valence-electron chi connectivity index (χ4n) is 1.79. The van der Waals surface area contributed by atoms with E-state index >= 15 is 0 Å². The molecule has 0 aliphatic heterocycles. The molecule has 0 fully saturated rings. The maximum absolute atomic E-state index is 5.73. The zero-order valence-corrected chi connectivity index (χ0v) is 11.8. The van der Waals surface area contributed by atoms with Crippen LogP contribution in [-0.2, 0) is 0 Å². The molecular weight excluding hydrogens is 278 g/mol. The number of aryl methyl sites for hydroxylation is 2. The summed E-state index contributed by atoms with van der Waals surface area (Å²) in [6.07, 6.45) is 8.59. The molecule has 3 heteroatoms. The van der Waals surface area contributed by atoms with Gasteiger partial charge in [-0.1, -0.05) is 18.2 Å². The minimum Gasteiger partial charge on any atom is -0.473 e. The van der Waals surface area contributed by atoms with E-state index in [0.717, 1.165) is 28.6 Å². The van der Waals surface area contributed by atoms with Crippen molar-refractivity contribution in [1.82, 2.24) is 4.98 Å². The van der Waals surface area contributed by atoms with Gasteiger partial charge in [-0.15, -0.1) is 0 Å². The molecule has 1 aliphatic carbocycles. The highest BCUT2D eigenvalue weighted by Crippen LogP contribution is 2.23. The van der Waals surface area contributed by atoms with Crippen molar-refractivity contribution < 1.29 is 4.74 Å². The zero-order chi connectivity index (χ0) is 12.3. The van der Waals surface area contributed by atoms with Crippen molar-refractivity contribution in [2.45, 2.75) is 26.7 Å². The topological polar surface area (TPSA) is 22.1 Å². The van der Waals surface area contributed by atoms with Crippen molar-refractivity contribution >= 4 is 15.9 Å². The fraction of sp³-hybridized carbons (Fsp3) is 0.357. The van der Waals surface area contributed by atoms with Gasteiger partial charge in [-0.2, -0.15) is 0 Å². The molecule has 0 saturated carbocycles. The van der Waals surface area contributed by atoms with E-state index in [1.807, 2.05) is 19.9 Å². The third-order valence-electron chi connectivity index (χ3n) is 2.79. The standard InChI is InChI=1S/C14H16BrNO/c1-10-8-13(16-11(2)14(10)15)17-9-12-6-4-3-5-7-12/h3-4,6,8H,5,7,9H2,1-2H3. The summed E-state index contributed by atoms with van der Waals surface area (Å²) in [5, 5.41) is 0. The monoisotopic (exact) mass is 293 g/mol. The van der Waals surface area contributed by atoms with Gasteiger partial charge >= 0.3 is 0 Å². The predicted octanol–water partition coefficient (Wildman–Crippen LogP) is 4.12. The van der Waals surface area contributed by atoms with Crippen LogP contribution in [-0.4, -0.2) is 11.6 Å². The third-order valence-corrected chi connectivity index (χ3v) is 3.99. The Labute approximate surface area is 111 Å². The number of allylic oxidation sites excluding steroid dienone is 3. The van der Waals surface area contributed by atoms with Gasteiger partial charge in [0, 0.05) is 10.5 Å². The first-order valence-electron chi connectivity index (χ1n) is 5.78. The first kappa shape index (κ1) is 12.4. The van der Waals surface area contributed by atoms with Gasteiger partial charge < -0.3 is 4.74 Å². The molecule has 0 bridgehead atoms. The van der Waals surface area contributed by atoms with Crippen LogP contribution in [0.2, 0.25) is 0 Å². The molecule has 0 atom stereocenters. The summed E-state index contributed by atoms with van der Waals surface area (Å²) in [5.74, 6) is 0.707. The number of ether oxygens (including phenoxy) is 1. The normalized spacial score (nSPS) is 14.6. The molecule has 1 heterocycles. The first-order valence-corrected chi connectivity index (χ1v) is 6.57. The molecule has 2 rings (SSSR count). The lowest BCUT2D eigenvalue weighted by atomic mass is 10.1. The Hall–Kier alpha value is -1.09. The molecule has 0 saturated heterocycles. The number of rotatable bonds is 3. The van der Waals surface area contributed by atoms with Crippen LogP contribution >= 0.6 is 15.9 Å². The number of aromatic nitrogens is 1. The van der Waals surface area contributed by atoms with Gasteiger partial charge in [-0.05, 0) is 53.8 Å². The fourth-order valence-corrected chi connectivity index (χ4v) is 2.00. The van der Waals surface area contributed by atoms with Crippen molar-refractivity contribution in [3.05, 3.63) is 45.6 Å². The molecule has 0 unspecified atom stereocenters. The summed E-state index contributed by atoms with van der Waals surface area (Å²) in [6.45, 7) is 4.67. The largest absolute Gasteiger partial charge is 0.473 e. The van der Waals surface area contributed by atoms with Gasteiger partial charge in [0.05, 0.1) is 5.69 Å². The molecular formula is C14H16BrNO. The van der Waals surface area contributed by atoms with Gasteiger partial charge in [0.1, 0.15) is 6.61 Å². The molecule has 1 aromatic heterocycles. The van der Waals surface area contributed by atoms with Gasteiger partial charge in [0.25, 0.3) is 0 Å². The second-order valence-corrected chi connectivity index (χ2v) is 5.05. The number of hydrogen-bond acceptors (Lipinski definition) is 2. The van der Waals surface area contributed by atoms with E-state index in [2.05, 4.69) is 39.1 Å². The molecule has 1 aromatic rings. The van der Waals surface area contributed by atoms with Gasteiger partial charge in [0.2, 0.25) is 5.88 Å². The number of hydrogen-bond donors (Lipinski definition) is 0. The Balaban J connectivity index is 2.04. The molecule has 17 heavy (non-hydrogen) atoms. The van der Waals surface area contributed by atoms with E-state index in [1.165, 1.54) is 5.57 Å². The van der Waals surface area contributed by atoms with Crippen LogP contribution in [0.25, 0.3) is 0 Å². The lowest BCUT2D eigenvalue weighted by molar-refractivity contribution is 0.332. The summed E-state index contributed by atoms with van der Waals surface area (Å²) in [7, 11) is 0. The average molecular weight is 294 g/mol. The highest BCUT2D eigenvalue weighted by atomic mass is 79.9. The molecule has 0 N–H and O–H groups in total. The minimum absolute atomic E-state index is 0.637. The van der Waals surface area contributed by atoms with Crippen molar-refractivity contribution in [3.8, 4) is 5.88 Å². The minimum atomic E-state index is 0.637. The maximum Gasteiger partial charge on any atom is 0.214 e. The average Bonchev–Trinajstić information content (AvgIpc) is 2.34. The van der Waals surface area contributed by atoms with Crippen molar-refractivity contribution in [2.24, 2.45) is 0 Å². The van der Waals surface area contributed by atoms with Crippen LogP contribution < -0.4 is 4.74 Å². The Kier molecular flexibility index (Phi) is 4.00. The van der Waals surface area contributed by atoms with E-state index in [0.29, 0.717) is 12.5 Å². The van der Waals surface area contributed by atoms with Crippen molar-refractivity contribution in [2.75, 3.05) is 6.61 Å². The van der Waals surface area contributed by atoms with E-state index in [9.17, 15) is 0 Å². The lowest BCUT2D eigenvalue weighted by Crippen LogP contribution is -2.04. The highest BCUT2D eigenvalue weighted by Gasteiger charge is 2.06. The summed E-state index contributed by atoms with van der Waals surface area (Å²) in [5.41, 5.74) is 3.45. The van der Waals surface area contributed by atoms with Crippen LogP contribution in [0.5, 0.6) is 5.88 Å². The molecule has 0 spiro atoms. The Bertz CT molecular complexity index is 454. The molecule has 0 amide bonds. The van der Waals surface area contributed by atoms with Crippen LogP contribution in [0, 0.1) is 13.8 Å². The SMILES string of the molecule is Cc1cc(OCC2=CC=CCC2)nc(C)c1Br. The number of nitrogens with zero attached hydrogens (tertiary/aromatic N) is 1.